The maximum absolute atomic E-state index is 11.4. The van der Waals surface area contributed by atoms with E-state index < -0.39 is 0 Å². The molecule has 1 heterocycles. The van der Waals surface area contributed by atoms with E-state index in [1.54, 1.807) is 35.6 Å². The number of carbonyl (C=O) groups is 1. The number of aromatic nitrogens is 1. The summed E-state index contributed by atoms with van der Waals surface area (Å²) in [6.07, 6.45) is 0. The Balaban J connectivity index is 1.63. The molecular formula is C19H17NO3S. The van der Waals surface area contributed by atoms with E-state index in [1.165, 1.54) is 12.7 Å². The molecule has 122 valence electrons. The number of methoxy groups -OCH3 is 1. The standard InChI is InChI=1S/C19H17NO3S/c1-13-3-5-14(6-4-13)18-20-16(12-24-18)11-23-17-9-7-15(8-10-17)19(21)22-2/h3-10,12H,11H2,1-2H3. The number of ether oxygens (including phenoxy) is 2. The molecule has 0 aliphatic heterocycles. The van der Waals surface area contributed by atoms with Crippen LogP contribution < -0.4 is 4.74 Å². The highest BCUT2D eigenvalue weighted by Crippen LogP contribution is 2.24. The quantitative estimate of drug-likeness (QED) is 0.643. The predicted octanol–water partition coefficient (Wildman–Crippen LogP) is 4.48. The maximum Gasteiger partial charge on any atom is 0.337 e. The van der Waals surface area contributed by atoms with Crippen molar-refractivity contribution in [1.82, 2.24) is 4.98 Å². The van der Waals surface area contributed by atoms with Crippen molar-refractivity contribution in [2.45, 2.75) is 13.5 Å². The third-order valence-corrected chi connectivity index (χ3v) is 4.45. The molecule has 0 aliphatic rings. The molecule has 2 aromatic carbocycles. The Morgan fingerprint density at radius 2 is 1.79 bits per heavy atom. The minimum atomic E-state index is -0.358. The Labute approximate surface area is 144 Å². The second kappa shape index (κ2) is 7.27. The summed E-state index contributed by atoms with van der Waals surface area (Å²) in [5, 5.41) is 2.98. The van der Waals surface area contributed by atoms with Gasteiger partial charge in [-0.3, -0.25) is 0 Å². The molecule has 0 N–H and O–H groups in total. The van der Waals surface area contributed by atoms with E-state index in [0.29, 0.717) is 17.9 Å². The van der Waals surface area contributed by atoms with Gasteiger partial charge in [0.05, 0.1) is 18.4 Å². The molecule has 0 saturated carbocycles. The molecule has 5 heteroatoms. The van der Waals surface area contributed by atoms with Crippen LogP contribution >= 0.6 is 11.3 Å². The van der Waals surface area contributed by atoms with Gasteiger partial charge >= 0.3 is 5.97 Å². The molecule has 0 fully saturated rings. The zero-order chi connectivity index (χ0) is 16.9. The average Bonchev–Trinajstić information content (AvgIpc) is 3.09. The van der Waals surface area contributed by atoms with Gasteiger partial charge in [-0.2, -0.15) is 0 Å². The van der Waals surface area contributed by atoms with Crippen LogP contribution in [-0.4, -0.2) is 18.1 Å². The topological polar surface area (TPSA) is 48.4 Å². The molecule has 3 aromatic rings. The number of hydrogen-bond donors (Lipinski definition) is 0. The van der Waals surface area contributed by atoms with Crippen molar-refractivity contribution in [1.29, 1.82) is 0 Å². The Morgan fingerprint density at radius 1 is 1.08 bits per heavy atom. The Kier molecular flexibility index (Phi) is 4.91. The zero-order valence-electron chi connectivity index (χ0n) is 13.5. The molecule has 0 spiro atoms. The van der Waals surface area contributed by atoms with Gasteiger partial charge in [0.1, 0.15) is 17.4 Å². The Morgan fingerprint density at radius 3 is 2.46 bits per heavy atom. The predicted molar refractivity (Wildman–Crippen MR) is 94.4 cm³/mol. The fourth-order valence-electron chi connectivity index (χ4n) is 2.16. The third-order valence-electron chi connectivity index (χ3n) is 3.51. The molecule has 0 bridgehead atoms. The molecule has 3 rings (SSSR count). The van der Waals surface area contributed by atoms with E-state index in [1.807, 2.05) is 5.38 Å². The van der Waals surface area contributed by atoms with Gasteiger partial charge in [-0.1, -0.05) is 29.8 Å². The Bertz CT molecular complexity index is 823. The lowest BCUT2D eigenvalue weighted by Gasteiger charge is -2.05. The molecular weight excluding hydrogens is 322 g/mol. The van der Waals surface area contributed by atoms with Gasteiger partial charge < -0.3 is 9.47 Å². The van der Waals surface area contributed by atoms with Crippen molar-refractivity contribution in [3.8, 4) is 16.3 Å². The summed E-state index contributed by atoms with van der Waals surface area (Å²) in [6.45, 7) is 2.45. The monoisotopic (exact) mass is 339 g/mol. The number of thiazole rings is 1. The van der Waals surface area contributed by atoms with Crippen LogP contribution in [-0.2, 0) is 11.3 Å². The van der Waals surface area contributed by atoms with Crippen LogP contribution in [0.2, 0.25) is 0 Å². The van der Waals surface area contributed by atoms with Gasteiger partial charge in [-0.25, -0.2) is 9.78 Å². The van der Waals surface area contributed by atoms with Crippen molar-refractivity contribution in [3.05, 3.63) is 70.7 Å². The lowest BCUT2D eigenvalue weighted by molar-refractivity contribution is 0.0600. The van der Waals surface area contributed by atoms with Crippen molar-refractivity contribution in [2.24, 2.45) is 0 Å². The first-order valence-corrected chi connectivity index (χ1v) is 8.36. The molecule has 0 atom stereocenters. The van der Waals surface area contributed by atoms with E-state index in [-0.39, 0.29) is 5.97 Å². The maximum atomic E-state index is 11.4. The Hall–Kier alpha value is -2.66. The highest BCUT2D eigenvalue weighted by atomic mass is 32.1. The highest BCUT2D eigenvalue weighted by molar-refractivity contribution is 7.13. The van der Waals surface area contributed by atoms with Crippen LogP contribution in [0.4, 0.5) is 0 Å². The summed E-state index contributed by atoms with van der Waals surface area (Å²) in [5.41, 5.74) is 3.72. The largest absolute Gasteiger partial charge is 0.487 e. The number of carbonyl (C=O) groups excluding carboxylic acids is 1. The number of rotatable bonds is 5. The van der Waals surface area contributed by atoms with E-state index >= 15 is 0 Å². The molecule has 0 aliphatic carbocycles. The average molecular weight is 339 g/mol. The number of hydrogen-bond acceptors (Lipinski definition) is 5. The minimum absolute atomic E-state index is 0.358. The van der Waals surface area contributed by atoms with E-state index in [0.717, 1.165) is 16.3 Å². The molecule has 0 radical (unpaired) electrons. The van der Waals surface area contributed by atoms with E-state index in [4.69, 9.17) is 4.74 Å². The summed E-state index contributed by atoms with van der Waals surface area (Å²) in [5.74, 6) is 0.330. The fraction of sp³-hybridized carbons (Fsp3) is 0.158. The second-order valence-electron chi connectivity index (χ2n) is 5.31. The van der Waals surface area contributed by atoms with Crippen LogP contribution in [0.5, 0.6) is 5.75 Å². The van der Waals surface area contributed by atoms with Gasteiger partial charge in [0.15, 0.2) is 0 Å². The van der Waals surface area contributed by atoms with Gasteiger partial charge in [0.25, 0.3) is 0 Å². The van der Waals surface area contributed by atoms with E-state index in [2.05, 4.69) is 40.9 Å². The second-order valence-corrected chi connectivity index (χ2v) is 6.17. The van der Waals surface area contributed by atoms with Crippen LogP contribution in [0.25, 0.3) is 10.6 Å². The van der Waals surface area contributed by atoms with Crippen molar-refractivity contribution >= 4 is 17.3 Å². The lowest BCUT2D eigenvalue weighted by atomic mass is 10.2. The SMILES string of the molecule is COC(=O)c1ccc(OCc2csc(-c3ccc(C)cc3)n2)cc1. The zero-order valence-corrected chi connectivity index (χ0v) is 14.3. The van der Waals surface area contributed by atoms with Crippen molar-refractivity contribution in [3.63, 3.8) is 0 Å². The summed E-state index contributed by atoms with van der Waals surface area (Å²) in [7, 11) is 1.36. The minimum Gasteiger partial charge on any atom is -0.487 e. The third kappa shape index (κ3) is 3.81. The molecule has 24 heavy (non-hydrogen) atoms. The molecule has 0 unspecified atom stereocenters. The number of benzene rings is 2. The molecule has 1 aromatic heterocycles. The van der Waals surface area contributed by atoms with Crippen LogP contribution in [0.1, 0.15) is 21.6 Å². The summed E-state index contributed by atoms with van der Waals surface area (Å²) < 4.78 is 10.4. The van der Waals surface area contributed by atoms with Gasteiger partial charge in [0, 0.05) is 10.9 Å². The molecule has 4 nitrogen and oxygen atoms in total. The summed E-state index contributed by atoms with van der Waals surface area (Å²) in [6, 6.07) is 15.2. The first-order chi connectivity index (χ1) is 11.7. The number of aryl methyl sites for hydroxylation is 1. The summed E-state index contributed by atoms with van der Waals surface area (Å²) >= 11 is 1.60. The van der Waals surface area contributed by atoms with E-state index in [9.17, 15) is 4.79 Å². The number of esters is 1. The van der Waals surface area contributed by atoms with Crippen LogP contribution in [0, 0.1) is 6.92 Å². The van der Waals surface area contributed by atoms with Crippen molar-refractivity contribution in [2.75, 3.05) is 7.11 Å². The lowest BCUT2D eigenvalue weighted by Crippen LogP contribution is -2.01. The van der Waals surface area contributed by atoms with Crippen LogP contribution in [0.15, 0.2) is 53.9 Å². The number of nitrogens with zero attached hydrogens (tertiary/aromatic N) is 1. The fourth-order valence-corrected chi connectivity index (χ4v) is 2.97. The van der Waals surface area contributed by atoms with Crippen molar-refractivity contribution < 1.29 is 14.3 Å². The first kappa shape index (κ1) is 16.2. The van der Waals surface area contributed by atoms with Gasteiger partial charge in [-0.05, 0) is 31.2 Å². The highest BCUT2D eigenvalue weighted by Gasteiger charge is 2.07. The molecule has 0 saturated heterocycles. The molecule has 0 amide bonds. The van der Waals surface area contributed by atoms with Crippen LogP contribution in [0.3, 0.4) is 0 Å². The normalized spacial score (nSPS) is 10.4. The summed E-state index contributed by atoms with van der Waals surface area (Å²) in [4.78, 5) is 16.0. The first-order valence-electron chi connectivity index (χ1n) is 7.48. The van der Waals surface area contributed by atoms with Gasteiger partial charge in [-0.15, -0.1) is 11.3 Å². The smallest absolute Gasteiger partial charge is 0.337 e. The van der Waals surface area contributed by atoms with Gasteiger partial charge in [0.2, 0.25) is 0 Å².